The fourth-order valence-corrected chi connectivity index (χ4v) is 2.28. The van der Waals surface area contributed by atoms with Crippen molar-refractivity contribution in [2.45, 2.75) is 6.92 Å². The molecular formula is C8H9BrN2O2S. The molecule has 0 spiro atoms. The first-order chi connectivity index (χ1) is 6.50. The van der Waals surface area contributed by atoms with E-state index in [2.05, 4.69) is 21.2 Å². The lowest BCUT2D eigenvalue weighted by molar-refractivity contribution is -0.117. The molecule has 0 aromatic carbocycles. The van der Waals surface area contributed by atoms with Crippen molar-refractivity contribution in [2.75, 3.05) is 6.54 Å². The summed E-state index contributed by atoms with van der Waals surface area (Å²) < 4.78 is 0.918. The Balaban J connectivity index is 2.65. The van der Waals surface area contributed by atoms with E-state index in [4.69, 9.17) is 5.73 Å². The Hall–Kier alpha value is -0.880. The van der Waals surface area contributed by atoms with E-state index in [0.717, 1.165) is 9.35 Å². The molecule has 0 aliphatic rings. The summed E-state index contributed by atoms with van der Waals surface area (Å²) in [6.45, 7) is 1.76. The standard InChI is InChI=1S/C8H9BrN2O2S/c1-4-2-5(14-7(4)9)8(13)11-3-6(10)12/h2H,3H2,1H3,(H2,10,12)(H,11,13). The normalized spacial score (nSPS) is 9.86. The summed E-state index contributed by atoms with van der Waals surface area (Å²) in [4.78, 5) is 22.4. The molecule has 6 heteroatoms. The minimum atomic E-state index is -0.550. The van der Waals surface area contributed by atoms with Crippen molar-refractivity contribution in [1.82, 2.24) is 5.32 Å². The van der Waals surface area contributed by atoms with Gasteiger partial charge in [0.25, 0.3) is 5.91 Å². The molecule has 3 N–H and O–H groups in total. The van der Waals surface area contributed by atoms with Crippen LogP contribution < -0.4 is 11.1 Å². The molecule has 0 aliphatic carbocycles. The average molecular weight is 277 g/mol. The van der Waals surface area contributed by atoms with Crippen LogP contribution in [0.3, 0.4) is 0 Å². The summed E-state index contributed by atoms with van der Waals surface area (Å²) in [6, 6.07) is 1.76. The molecule has 0 unspecified atom stereocenters. The molecular weight excluding hydrogens is 268 g/mol. The summed E-state index contributed by atoms with van der Waals surface area (Å²) in [7, 11) is 0. The van der Waals surface area contributed by atoms with Crippen molar-refractivity contribution < 1.29 is 9.59 Å². The number of thiophene rings is 1. The first-order valence-electron chi connectivity index (χ1n) is 3.83. The summed E-state index contributed by atoms with van der Waals surface area (Å²) in [5, 5.41) is 2.42. The maximum absolute atomic E-state index is 11.4. The SMILES string of the molecule is Cc1cc(C(=O)NCC(N)=O)sc1Br. The van der Waals surface area contributed by atoms with Crippen molar-refractivity contribution in [3.8, 4) is 0 Å². The van der Waals surface area contributed by atoms with E-state index in [1.54, 1.807) is 6.07 Å². The topological polar surface area (TPSA) is 72.2 Å². The fraction of sp³-hybridized carbons (Fsp3) is 0.250. The van der Waals surface area contributed by atoms with Crippen LogP contribution in [-0.2, 0) is 4.79 Å². The number of aryl methyl sites for hydroxylation is 1. The lowest BCUT2D eigenvalue weighted by Crippen LogP contribution is -2.32. The van der Waals surface area contributed by atoms with Gasteiger partial charge in [0, 0.05) is 0 Å². The predicted molar refractivity (Wildman–Crippen MR) is 58.3 cm³/mol. The van der Waals surface area contributed by atoms with E-state index >= 15 is 0 Å². The molecule has 14 heavy (non-hydrogen) atoms. The lowest BCUT2D eigenvalue weighted by Gasteiger charge is -1.98. The highest BCUT2D eigenvalue weighted by Gasteiger charge is 2.10. The minimum absolute atomic E-state index is 0.132. The Morgan fingerprint density at radius 1 is 1.64 bits per heavy atom. The van der Waals surface area contributed by atoms with Crippen molar-refractivity contribution in [3.63, 3.8) is 0 Å². The van der Waals surface area contributed by atoms with E-state index in [9.17, 15) is 9.59 Å². The molecule has 0 saturated heterocycles. The summed E-state index contributed by atoms with van der Waals surface area (Å²) in [6.07, 6.45) is 0. The van der Waals surface area contributed by atoms with Crippen molar-refractivity contribution >= 4 is 39.1 Å². The maximum Gasteiger partial charge on any atom is 0.261 e. The second-order valence-corrected chi connectivity index (χ2v) is 5.09. The predicted octanol–water partition coefficient (Wildman–Crippen LogP) is 1.03. The highest BCUT2D eigenvalue weighted by Crippen LogP contribution is 2.26. The molecule has 1 heterocycles. The molecule has 4 nitrogen and oxygen atoms in total. The molecule has 76 valence electrons. The second kappa shape index (κ2) is 4.56. The zero-order chi connectivity index (χ0) is 10.7. The van der Waals surface area contributed by atoms with Gasteiger partial charge in [-0.1, -0.05) is 0 Å². The zero-order valence-electron chi connectivity index (χ0n) is 7.46. The van der Waals surface area contributed by atoms with Crippen molar-refractivity contribution in [2.24, 2.45) is 5.73 Å². The Morgan fingerprint density at radius 2 is 2.29 bits per heavy atom. The number of primary amides is 1. The number of hydrogen-bond acceptors (Lipinski definition) is 3. The third-order valence-electron chi connectivity index (χ3n) is 1.50. The van der Waals surface area contributed by atoms with Crippen LogP contribution in [0.5, 0.6) is 0 Å². The summed E-state index contributed by atoms with van der Waals surface area (Å²) >= 11 is 4.64. The molecule has 0 bridgehead atoms. The van der Waals surface area contributed by atoms with Gasteiger partial charge < -0.3 is 11.1 Å². The van der Waals surface area contributed by atoms with Crippen LogP contribution in [0.15, 0.2) is 9.85 Å². The number of carbonyl (C=O) groups is 2. The molecule has 0 saturated carbocycles. The van der Waals surface area contributed by atoms with Crippen LogP contribution in [0.2, 0.25) is 0 Å². The second-order valence-electron chi connectivity index (χ2n) is 2.72. The van der Waals surface area contributed by atoms with Gasteiger partial charge in [-0.2, -0.15) is 0 Å². The van der Waals surface area contributed by atoms with Gasteiger partial charge in [-0.25, -0.2) is 0 Å². The fourth-order valence-electron chi connectivity index (χ4n) is 0.826. The number of carbonyl (C=O) groups excluding carboxylic acids is 2. The van der Waals surface area contributed by atoms with Crippen LogP contribution >= 0.6 is 27.3 Å². The Bertz CT molecular complexity index is 356. The molecule has 1 aromatic rings. The van der Waals surface area contributed by atoms with Gasteiger partial charge in [0.15, 0.2) is 0 Å². The van der Waals surface area contributed by atoms with Gasteiger partial charge in [-0.05, 0) is 34.5 Å². The van der Waals surface area contributed by atoms with Crippen LogP contribution in [0, 0.1) is 6.92 Å². The average Bonchev–Trinajstić information content (AvgIpc) is 2.43. The third kappa shape index (κ3) is 2.81. The van der Waals surface area contributed by atoms with Gasteiger partial charge >= 0.3 is 0 Å². The number of nitrogens with two attached hydrogens (primary N) is 1. The molecule has 0 radical (unpaired) electrons. The molecule has 0 atom stereocenters. The largest absolute Gasteiger partial charge is 0.368 e. The van der Waals surface area contributed by atoms with Gasteiger partial charge in [0.1, 0.15) is 0 Å². The molecule has 2 amide bonds. The lowest BCUT2D eigenvalue weighted by atomic mass is 10.3. The van der Waals surface area contributed by atoms with Gasteiger partial charge in [-0.15, -0.1) is 11.3 Å². The van der Waals surface area contributed by atoms with Crippen LogP contribution in [0.1, 0.15) is 15.2 Å². The van der Waals surface area contributed by atoms with Crippen LogP contribution in [-0.4, -0.2) is 18.4 Å². The van der Waals surface area contributed by atoms with Crippen molar-refractivity contribution in [1.29, 1.82) is 0 Å². The molecule has 0 aliphatic heterocycles. The zero-order valence-corrected chi connectivity index (χ0v) is 9.87. The van der Waals surface area contributed by atoms with Crippen LogP contribution in [0.4, 0.5) is 0 Å². The van der Waals surface area contributed by atoms with Gasteiger partial charge in [0.2, 0.25) is 5.91 Å². The van der Waals surface area contributed by atoms with Gasteiger partial charge in [0.05, 0.1) is 15.2 Å². The van der Waals surface area contributed by atoms with E-state index < -0.39 is 5.91 Å². The first kappa shape index (κ1) is 11.2. The minimum Gasteiger partial charge on any atom is -0.368 e. The van der Waals surface area contributed by atoms with E-state index in [1.807, 2.05) is 6.92 Å². The quantitative estimate of drug-likeness (QED) is 0.866. The van der Waals surface area contributed by atoms with Gasteiger partial charge in [-0.3, -0.25) is 9.59 Å². The maximum atomic E-state index is 11.4. The highest BCUT2D eigenvalue weighted by molar-refractivity contribution is 9.11. The number of halogens is 1. The summed E-state index contributed by atoms with van der Waals surface area (Å²) in [5.41, 5.74) is 5.89. The third-order valence-corrected chi connectivity index (χ3v) is 3.64. The smallest absolute Gasteiger partial charge is 0.261 e. The van der Waals surface area contributed by atoms with E-state index in [0.29, 0.717) is 4.88 Å². The van der Waals surface area contributed by atoms with E-state index in [-0.39, 0.29) is 12.5 Å². The van der Waals surface area contributed by atoms with Crippen molar-refractivity contribution in [3.05, 3.63) is 20.3 Å². The summed E-state index contributed by atoms with van der Waals surface area (Å²) in [5.74, 6) is -0.826. The van der Waals surface area contributed by atoms with Crippen LogP contribution in [0.25, 0.3) is 0 Å². The number of amides is 2. The molecule has 0 fully saturated rings. The monoisotopic (exact) mass is 276 g/mol. The Labute approximate surface area is 93.6 Å². The number of nitrogens with one attached hydrogen (secondary N) is 1. The number of rotatable bonds is 3. The number of hydrogen-bond donors (Lipinski definition) is 2. The molecule has 1 rings (SSSR count). The van der Waals surface area contributed by atoms with E-state index in [1.165, 1.54) is 11.3 Å². The molecule has 1 aromatic heterocycles. The Kier molecular flexibility index (Phi) is 3.65. The highest BCUT2D eigenvalue weighted by atomic mass is 79.9. The first-order valence-corrected chi connectivity index (χ1v) is 5.44. The Morgan fingerprint density at radius 3 is 2.71 bits per heavy atom.